The van der Waals surface area contributed by atoms with Crippen LogP contribution in [-0.4, -0.2) is 11.4 Å². The quantitative estimate of drug-likeness (QED) is 0.456. The van der Waals surface area contributed by atoms with Crippen molar-refractivity contribution in [3.05, 3.63) is 0 Å². The van der Waals surface area contributed by atoms with Gasteiger partial charge in [0.05, 0.1) is 0 Å². The predicted octanol–water partition coefficient (Wildman–Crippen LogP) is 0.901. The molecule has 1 spiro atoms. The highest BCUT2D eigenvalue weighted by Crippen LogP contribution is 2.40. The second-order valence-electron chi connectivity index (χ2n) is 2.29. The minimum absolute atomic E-state index is 0.220. The standard InChI is InChI=1S/C5H6N2O/c8-4-2-1-3-5(4)6-7-5/h1-3H2. The molecule has 3 heteroatoms. The highest BCUT2D eigenvalue weighted by atomic mass is 16.1. The first kappa shape index (κ1) is 4.18. The number of ketones is 1. The average molecular weight is 110 g/mol. The molecular weight excluding hydrogens is 104 g/mol. The highest BCUT2D eigenvalue weighted by molar-refractivity contribution is 5.91. The smallest absolute Gasteiger partial charge is 0.248 e. The lowest BCUT2D eigenvalue weighted by Crippen LogP contribution is -2.15. The van der Waals surface area contributed by atoms with E-state index in [1.54, 1.807) is 0 Å². The number of hydrogen-bond donors (Lipinski definition) is 0. The van der Waals surface area contributed by atoms with Gasteiger partial charge < -0.3 is 0 Å². The van der Waals surface area contributed by atoms with Gasteiger partial charge in [-0.25, -0.2) is 0 Å². The Morgan fingerprint density at radius 3 is 2.50 bits per heavy atom. The Labute approximate surface area is 46.8 Å². The summed E-state index contributed by atoms with van der Waals surface area (Å²) in [6.07, 6.45) is 2.53. The summed E-state index contributed by atoms with van der Waals surface area (Å²) < 4.78 is 0. The first-order chi connectivity index (χ1) is 3.83. The number of nitrogens with zero attached hydrogens (tertiary/aromatic N) is 2. The van der Waals surface area contributed by atoms with E-state index in [4.69, 9.17) is 0 Å². The molecule has 2 aliphatic rings. The van der Waals surface area contributed by atoms with Gasteiger partial charge in [-0.3, -0.25) is 4.79 Å². The molecule has 0 aromatic heterocycles. The maximum absolute atomic E-state index is 10.8. The number of Topliss-reactive ketones (excluding diaryl/α,β-unsaturated/α-hetero) is 1. The fourth-order valence-electron chi connectivity index (χ4n) is 1.11. The van der Waals surface area contributed by atoms with Gasteiger partial charge in [-0.2, -0.15) is 10.2 Å². The topological polar surface area (TPSA) is 41.8 Å². The third kappa shape index (κ3) is 0.322. The van der Waals surface area contributed by atoms with Gasteiger partial charge in [0.25, 0.3) is 0 Å². The summed E-state index contributed by atoms with van der Waals surface area (Å²) in [6, 6.07) is 0. The van der Waals surface area contributed by atoms with Crippen molar-refractivity contribution < 1.29 is 4.79 Å². The molecule has 2 rings (SSSR count). The molecule has 1 heterocycles. The summed E-state index contributed by atoms with van der Waals surface area (Å²) in [4.78, 5) is 10.8. The van der Waals surface area contributed by atoms with Gasteiger partial charge in [-0.1, -0.05) is 0 Å². The van der Waals surface area contributed by atoms with Crippen molar-refractivity contribution in [2.75, 3.05) is 0 Å². The Hall–Kier alpha value is -0.730. The molecule has 0 bridgehead atoms. The molecule has 0 aromatic rings. The van der Waals surface area contributed by atoms with Crippen LogP contribution in [-0.2, 0) is 4.79 Å². The van der Waals surface area contributed by atoms with Crippen LogP contribution in [0.2, 0.25) is 0 Å². The van der Waals surface area contributed by atoms with Gasteiger partial charge >= 0.3 is 0 Å². The monoisotopic (exact) mass is 110 g/mol. The van der Waals surface area contributed by atoms with Crippen molar-refractivity contribution >= 4 is 5.78 Å². The van der Waals surface area contributed by atoms with Crippen LogP contribution in [0, 0.1) is 0 Å². The molecule has 0 atom stereocenters. The second kappa shape index (κ2) is 0.989. The Balaban J connectivity index is 2.25. The van der Waals surface area contributed by atoms with Crippen molar-refractivity contribution in [3.8, 4) is 0 Å². The van der Waals surface area contributed by atoms with E-state index in [1.165, 1.54) is 0 Å². The Bertz CT molecular complexity index is 167. The van der Waals surface area contributed by atoms with E-state index in [0.717, 1.165) is 12.8 Å². The second-order valence-corrected chi connectivity index (χ2v) is 2.29. The molecule has 1 aliphatic heterocycles. The molecule has 0 N–H and O–H groups in total. The molecule has 1 saturated carbocycles. The fourth-order valence-corrected chi connectivity index (χ4v) is 1.11. The van der Waals surface area contributed by atoms with Crippen molar-refractivity contribution in [1.82, 2.24) is 0 Å². The SMILES string of the molecule is O=C1CCCC12N=N2. The molecule has 0 unspecified atom stereocenters. The van der Waals surface area contributed by atoms with E-state index < -0.39 is 5.66 Å². The highest BCUT2D eigenvalue weighted by Gasteiger charge is 2.50. The van der Waals surface area contributed by atoms with Crippen LogP contribution in [0.4, 0.5) is 0 Å². The van der Waals surface area contributed by atoms with E-state index in [9.17, 15) is 4.79 Å². The van der Waals surface area contributed by atoms with E-state index in [0.29, 0.717) is 6.42 Å². The van der Waals surface area contributed by atoms with Gasteiger partial charge in [-0.05, 0) is 6.42 Å². The molecular formula is C5H6N2O. The summed E-state index contributed by atoms with van der Waals surface area (Å²) in [6.45, 7) is 0. The van der Waals surface area contributed by atoms with E-state index in [1.807, 2.05) is 0 Å². The zero-order valence-corrected chi connectivity index (χ0v) is 4.42. The summed E-state index contributed by atoms with van der Waals surface area (Å²) >= 11 is 0. The lowest BCUT2D eigenvalue weighted by Gasteiger charge is -1.90. The molecule has 0 amide bonds. The largest absolute Gasteiger partial charge is 0.295 e. The third-order valence-electron chi connectivity index (χ3n) is 1.72. The first-order valence-electron chi connectivity index (χ1n) is 2.81. The first-order valence-corrected chi connectivity index (χ1v) is 2.81. The predicted molar refractivity (Wildman–Crippen MR) is 26.4 cm³/mol. The molecule has 3 nitrogen and oxygen atoms in total. The van der Waals surface area contributed by atoms with Crippen molar-refractivity contribution in [1.29, 1.82) is 0 Å². The van der Waals surface area contributed by atoms with E-state index in [-0.39, 0.29) is 5.78 Å². The molecule has 1 fully saturated rings. The lowest BCUT2D eigenvalue weighted by molar-refractivity contribution is -0.119. The van der Waals surface area contributed by atoms with Crippen molar-refractivity contribution in [2.45, 2.75) is 24.9 Å². The van der Waals surface area contributed by atoms with Crippen LogP contribution in [0.15, 0.2) is 10.2 Å². The van der Waals surface area contributed by atoms with Crippen LogP contribution in [0.25, 0.3) is 0 Å². The molecule has 42 valence electrons. The van der Waals surface area contributed by atoms with Crippen LogP contribution in [0.1, 0.15) is 19.3 Å². The minimum Gasteiger partial charge on any atom is -0.295 e. The van der Waals surface area contributed by atoms with Crippen LogP contribution < -0.4 is 0 Å². The Kier molecular flexibility index (Phi) is 0.517. The summed E-state index contributed by atoms with van der Waals surface area (Å²) in [7, 11) is 0. The number of carbonyl (C=O) groups is 1. The maximum Gasteiger partial charge on any atom is 0.248 e. The summed E-state index contributed by atoms with van der Waals surface area (Å²) in [5.41, 5.74) is -0.486. The zero-order valence-electron chi connectivity index (χ0n) is 4.42. The molecule has 0 saturated heterocycles. The molecule has 0 radical (unpaired) electrons. The summed E-state index contributed by atoms with van der Waals surface area (Å²) in [5.74, 6) is 0.220. The number of carbonyl (C=O) groups excluding carboxylic acids is 1. The molecule has 0 aromatic carbocycles. The third-order valence-corrected chi connectivity index (χ3v) is 1.72. The van der Waals surface area contributed by atoms with Crippen LogP contribution in [0.5, 0.6) is 0 Å². The van der Waals surface area contributed by atoms with Crippen molar-refractivity contribution in [3.63, 3.8) is 0 Å². The fraction of sp³-hybridized carbons (Fsp3) is 0.800. The Morgan fingerprint density at radius 2 is 2.25 bits per heavy atom. The number of rotatable bonds is 0. The lowest BCUT2D eigenvalue weighted by atomic mass is 10.2. The summed E-state index contributed by atoms with van der Waals surface area (Å²) in [5, 5.41) is 7.38. The van der Waals surface area contributed by atoms with E-state index >= 15 is 0 Å². The minimum atomic E-state index is -0.486. The van der Waals surface area contributed by atoms with Gasteiger partial charge in [0.15, 0.2) is 5.78 Å². The van der Waals surface area contributed by atoms with Gasteiger partial charge in [0.1, 0.15) is 0 Å². The molecule has 8 heavy (non-hydrogen) atoms. The zero-order chi connectivity index (χ0) is 5.61. The normalized spacial score (nSPS) is 29.8. The van der Waals surface area contributed by atoms with Crippen LogP contribution in [0.3, 0.4) is 0 Å². The Morgan fingerprint density at radius 1 is 1.50 bits per heavy atom. The average Bonchev–Trinajstić information content (AvgIpc) is 2.39. The maximum atomic E-state index is 10.8. The molecule has 1 aliphatic carbocycles. The van der Waals surface area contributed by atoms with Crippen molar-refractivity contribution in [2.24, 2.45) is 10.2 Å². The number of hydrogen-bond acceptors (Lipinski definition) is 3. The van der Waals surface area contributed by atoms with Crippen LogP contribution >= 0.6 is 0 Å². The van der Waals surface area contributed by atoms with Gasteiger partial charge in [0, 0.05) is 12.8 Å². The van der Waals surface area contributed by atoms with E-state index in [2.05, 4.69) is 10.2 Å². The van der Waals surface area contributed by atoms with Gasteiger partial charge in [0.2, 0.25) is 5.66 Å². The van der Waals surface area contributed by atoms with Gasteiger partial charge in [-0.15, -0.1) is 0 Å².